The van der Waals surface area contributed by atoms with Gasteiger partial charge in [0.25, 0.3) is 0 Å². The molecule has 0 radical (unpaired) electrons. The number of hydrogen-bond acceptors (Lipinski definition) is 1. The first-order valence-electron chi connectivity index (χ1n) is 6.81. The molecule has 98 valence electrons. The van der Waals surface area contributed by atoms with Gasteiger partial charge in [-0.15, -0.1) is 0 Å². The van der Waals surface area contributed by atoms with Crippen molar-refractivity contribution in [1.29, 1.82) is 0 Å². The number of imidazole rings is 1. The largest absolute Gasteiger partial charge is 0.339 e. The van der Waals surface area contributed by atoms with Crippen molar-refractivity contribution in [3.63, 3.8) is 0 Å². The van der Waals surface area contributed by atoms with Crippen molar-refractivity contribution >= 4 is 11.0 Å². The third-order valence-corrected chi connectivity index (χ3v) is 3.08. The number of aromatic nitrogens is 2. The van der Waals surface area contributed by atoms with Crippen molar-refractivity contribution in [1.82, 2.24) is 4.57 Å². The summed E-state index contributed by atoms with van der Waals surface area (Å²) in [5.41, 5.74) is 2.53. The second kappa shape index (κ2) is 6.01. The van der Waals surface area contributed by atoms with Crippen LogP contribution in [-0.4, -0.2) is 10.7 Å². The van der Waals surface area contributed by atoms with Gasteiger partial charge in [0.05, 0.1) is 12.6 Å². The highest BCUT2D eigenvalue weighted by Crippen LogP contribution is 2.11. The van der Waals surface area contributed by atoms with E-state index in [1.54, 1.807) is 0 Å². The molecule has 0 spiro atoms. The number of fused-ring (bicyclic) bond motifs is 1. The average Bonchev–Trinajstić information content (AvgIpc) is 2.72. The second-order valence-electron chi connectivity index (χ2n) is 4.97. The van der Waals surface area contributed by atoms with E-state index in [0.29, 0.717) is 6.73 Å². The first-order valence-corrected chi connectivity index (χ1v) is 6.81. The number of benzene rings is 1. The highest BCUT2D eigenvalue weighted by Gasteiger charge is 2.14. The third kappa shape index (κ3) is 2.91. The molecule has 2 rings (SSSR count). The lowest BCUT2D eigenvalue weighted by atomic mass is 10.3. The first-order chi connectivity index (χ1) is 8.72. The highest BCUT2D eigenvalue weighted by molar-refractivity contribution is 5.71. The molecule has 0 bridgehead atoms. The maximum absolute atomic E-state index is 5.70. The second-order valence-corrected chi connectivity index (χ2v) is 4.97. The lowest BCUT2D eigenvalue weighted by Crippen LogP contribution is -2.35. The molecule has 2 aromatic rings. The Kier molecular flexibility index (Phi) is 4.37. The minimum atomic E-state index is 0.259. The van der Waals surface area contributed by atoms with Crippen LogP contribution in [0.2, 0.25) is 0 Å². The van der Waals surface area contributed by atoms with Gasteiger partial charge in [-0.05, 0) is 32.4 Å². The van der Waals surface area contributed by atoms with Crippen molar-refractivity contribution < 1.29 is 9.30 Å². The fourth-order valence-electron chi connectivity index (χ4n) is 2.08. The predicted molar refractivity (Wildman–Crippen MR) is 73.3 cm³/mol. The van der Waals surface area contributed by atoms with Gasteiger partial charge in [-0.3, -0.25) is 0 Å². The molecule has 1 aromatic carbocycles. The molecule has 18 heavy (non-hydrogen) atoms. The van der Waals surface area contributed by atoms with Crippen LogP contribution in [0.5, 0.6) is 0 Å². The van der Waals surface area contributed by atoms with E-state index in [2.05, 4.69) is 60.5 Å². The molecule has 1 aromatic heterocycles. The van der Waals surface area contributed by atoms with E-state index in [1.165, 1.54) is 23.9 Å². The maximum Gasteiger partial charge on any atom is 0.246 e. The Hall–Kier alpha value is -1.35. The van der Waals surface area contributed by atoms with Gasteiger partial charge in [0, 0.05) is 0 Å². The standard InChI is InChI=1S/C15H23N2O/c1-4-5-10-16-11-17(12-18-13(2)3)15-9-7-6-8-14(15)16/h6-9,11,13H,4-5,10,12H2,1-3H3/q+1. The Labute approximate surface area is 109 Å². The number of hydrogen-bond donors (Lipinski definition) is 0. The van der Waals surface area contributed by atoms with Crippen molar-refractivity contribution in [3.8, 4) is 0 Å². The highest BCUT2D eigenvalue weighted by atomic mass is 16.5. The quantitative estimate of drug-likeness (QED) is 0.717. The molecule has 0 N–H and O–H groups in total. The minimum absolute atomic E-state index is 0.259. The summed E-state index contributed by atoms with van der Waals surface area (Å²) in [5, 5.41) is 0. The molecule has 0 aliphatic carbocycles. The molecule has 0 unspecified atom stereocenters. The Bertz CT molecular complexity index is 502. The van der Waals surface area contributed by atoms with Crippen molar-refractivity contribution in [2.45, 2.75) is 53.0 Å². The van der Waals surface area contributed by atoms with E-state index in [1.807, 2.05) is 0 Å². The zero-order chi connectivity index (χ0) is 13.0. The molecule has 3 nitrogen and oxygen atoms in total. The van der Waals surface area contributed by atoms with E-state index in [9.17, 15) is 0 Å². The van der Waals surface area contributed by atoms with Crippen LogP contribution in [0.4, 0.5) is 0 Å². The van der Waals surface area contributed by atoms with Gasteiger partial charge < -0.3 is 4.74 Å². The van der Waals surface area contributed by atoms with Crippen LogP contribution in [0.15, 0.2) is 30.6 Å². The maximum atomic E-state index is 5.70. The topological polar surface area (TPSA) is 18.0 Å². The summed E-state index contributed by atoms with van der Waals surface area (Å²) in [4.78, 5) is 0. The Balaban J connectivity index is 2.28. The van der Waals surface area contributed by atoms with E-state index < -0.39 is 0 Å². The normalized spacial score (nSPS) is 11.6. The van der Waals surface area contributed by atoms with Crippen LogP contribution in [0.25, 0.3) is 11.0 Å². The van der Waals surface area contributed by atoms with Gasteiger partial charge in [-0.25, -0.2) is 9.13 Å². The molecule has 0 fully saturated rings. The van der Waals surface area contributed by atoms with Gasteiger partial charge in [0.2, 0.25) is 6.33 Å². The van der Waals surface area contributed by atoms with E-state index in [-0.39, 0.29) is 6.10 Å². The molecule has 0 amide bonds. The van der Waals surface area contributed by atoms with Gasteiger partial charge >= 0.3 is 0 Å². The van der Waals surface area contributed by atoms with Gasteiger partial charge in [0.1, 0.15) is 0 Å². The minimum Gasteiger partial charge on any atom is -0.339 e. The number of para-hydroxylation sites is 2. The number of nitrogens with zero attached hydrogens (tertiary/aromatic N) is 2. The van der Waals surface area contributed by atoms with Gasteiger partial charge in [-0.1, -0.05) is 25.5 Å². The molecule has 0 atom stereocenters. The van der Waals surface area contributed by atoms with Crippen LogP contribution >= 0.6 is 0 Å². The Morgan fingerprint density at radius 3 is 2.78 bits per heavy atom. The average molecular weight is 247 g/mol. The van der Waals surface area contributed by atoms with Crippen LogP contribution in [0.1, 0.15) is 33.6 Å². The number of ether oxygens (including phenoxy) is 1. The smallest absolute Gasteiger partial charge is 0.246 e. The molecular formula is C15H23N2O+. The zero-order valence-corrected chi connectivity index (χ0v) is 11.6. The number of aryl methyl sites for hydroxylation is 1. The molecule has 0 saturated heterocycles. The van der Waals surface area contributed by atoms with Crippen molar-refractivity contribution in [3.05, 3.63) is 30.6 Å². The third-order valence-electron chi connectivity index (χ3n) is 3.08. The monoisotopic (exact) mass is 247 g/mol. The zero-order valence-electron chi connectivity index (χ0n) is 11.6. The summed E-state index contributed by atoms with van der Waals surface area (Å²) in [7, 11) is 0. The molecule has 0 aliphatic heterocycles. The van der Waals surface area contributed by atoms with Crippen LogP contribution < -0.4 is 4.57 Å². The summed E-state index contributed by atoms with van der Waals surface area (Å²) in [6.45, 7) is 8.05. The summed E-state index contributed by atoms with van der Waals surface area (Å²) in [6.07, 6.45) is 4.86. The van der Waals surface area contributed by atoms with Crippen LogP contribution in [0, 0.1) is 0 Å². The van der Waals surface area contributed by atoms with Crippen molar-refractivity contribution in [2.75, 3.05) is 0 Å². The number of unbranched alkanes of at least 4 members (excludes halogenated alkanes) is 1. The summed E-state index contributed by atoms with van der Waals surface area (Å²) in [6, 6.07) is 8.51. The van der Waals surface area contributed by atoms with Gasteiger partial charge in [-0.2, -0.15) is 0 Å². The molecule has 1 heterocycles. The summed E-state index contributed by atoms with van der Waals surface area (Å²) >= 11 is 0. The molecular weight excluding hydrogens is 224 g/mol. The van der Waals surface area contributed by atoms with Crippen molar-refractivity contribution in [2.24, 2.45) is 0 Å². The predicted octanol–water partition coefficient (Wildman–Crippen LogP) is 3.11. The first kappa shape index (κ1) is 13.1. The SMILES string of the molecule is CCCCn1c[n+](COC(C)C)c2ccccc21. The number of rotatable bonds is 6. The summed E-state index contributed by atoms with van der Waals surface area (Å²) < 4.78 is 10.2. The van der Waals surface area contributed by atoms with Crippen LogP contribution in [-0.2, 0) is 18.0 Å². The summed E-state index contributed by atoms with van der Waals surface area (Å²) in [5.74, 6) is 0. The lowest BCUT2D eigenvalue weighted by Gasteiger charge is -2.04. The lowest BCUT2D eigenvalue weighted by molar-refractivity contribution is -0.711. The molecule has 0 saturated carbocycles. The van der Waals surface area contributed by atoms with E-state index in [4.69, 9.17) is 4.74 Å². The van der Waals surface area contributed by atoms with Crippen LogP contribution in [0.3, 0.4) is 0 Å². The van der Waals surface area contributed by atoms with Gasteiger partial charge in [0.15, 0.2) is 17.8 Å². The fourth-order valence-corrected chi connectivity index (χ4v) is 2.08. The van der Waals surface area contributed by atoms with E-state index in [0.717, 1.165) is 6.54 Å². The fraction of sp³-hybridized carbons (Fsp3) is 0.533. The van der Waals surface area contributed by atoms with E-state index >= 15 is 0 Å². The Morgan fingerprint density at radius 2 is 2.06 bits per heavy atom. The molecule has 0 aliphatic rings. The Morgan fingerprint density at radius 1 is 1.28 bits per heavy atom. The molecule has 3 heteroatoms.